The lowest BCUT2D eigenvalue weighted by atomic mass is 9.45. The molecule has 2 aromatic heterocycles. The second-order valence-corrected chi connectivity index (χ2v) is 10.9. The molecule has 34 heavy (non-hydrogen) atoms. The van der Waals surface area contributed by atoms with Gasteiger partial charge in [-0.3, -0.25) is 4.79 Å². The molecule has 1 N–H and O–H groups in total. The number of hydrogen-bond donors (Lipinski definition) is 1. The number of carbonyl (C=O) groups excluding carboxylic acids is 1. The minimum absolute atomic E-state index is 0.0717. The van der Waals surface area contributed by atoms with Gasteiger partial charge in [0.25, 0.3) is 5.91 Å². The molecule has 0 radical (unpaired) electrons. The molecule has 1 aliphatic heterocycles. The van der Waals surface area contributed by atoms with Gasteiger partial charge < -0.3 is 10.2 Å². The Morgan fingerprint density at radius 3 is 2.88 bits per heavy atom. The van der Waals surface area contributed by atoms with Crippen LogP contribution in [0.3, 0.4) is 0 Å². The zero-order chi connectivity index (χ0) is 23.4. The number of benzene rings is 1. The number of hydrogen-bond acceptors (Lipinski definition) is 4. The lowest BCUT2D eigenvalue weighted by Gasteiger charge is -2.60. The van der Waals surface area contributed by atoms with Gasteiger partial charge in [-0.2, -0.15) is 0 Å². The number of fused-ring (bicyclic) bond motifs is 3. The molecule has 7 rings (SSSR count). The van der Waals surface area contributed by atoms with Crippen molar-refractivity contribution in [3.63, 3.8) is 0 Å². The van der Waals surface area contributed by atoms with E-state index in [1.165, 1.54) is 25.3 Å². The highest BCUT2D eigenvalue weighted by atomic mass is 19.1. The maximum absolute atomic E-state index is 13.8. The van der Waals surface area contributed by atoms with Crippen LogP contribution >= 0.6 is 0 Å². The lowest BCUT2D eigenvalue weighted by molar-refractivity contribution is -0.103. The number of imidazole rings is 1. The number of aromatic nitrogens is 3. The molecule has 1 amide bonds. The third-order valence-corrected chi connectivity index (χ3v) is 8.89. The molecule has 0 spiro atoms. The summed E-state index contributed by atoms with van der Waals surface area (Å²) < 4.78 is 15.5. The molecule has 1 aromatic carbocycles. The van der Waals surface area contributed by atoms with E-state index in [0.717, 1.165) is 36.7 Å². The van der Waals surface area contributed by atoms with Crippen molar-refractivity contribution in [1.29, 1.82) is 0 Å². The van der Waals surface area contributed by atoms with E-state index in [1.54, 1.807) is 22.8 Å². The molecular weight excluding hydrogens is 429 g/mol. The van der Waals surface area contributed by atoms with E-state index in [2.05, 4.69) is 29.0 Å². The standard InChI is InChI=1S/C27H32FN5O/c1-27(2)19-9-8-18(21(27)14-19)15-30-26(34)23-16-29-24-10-11-25(31-33(23)24)32-12-4-7-22(32)17-5-3-6-20(28)13-17/h3,5-6,10-11,13,16,18-19,21-22H,4,7-9,12,14-15H2,1-2H3,(H,30,34). The predicted octanol–water partition coefficient (Wildman–Crippen LogP) is 5.01. The number of nitrogens with zero attached hydrogens (tertiary/aromatic N) is 4. The fraction of sp³-hybridized carbons (Fsp3) is 0.519. The zero-order valence-corrected chi connectivity index (χ0v) is 19.9. The molecule has 2 bridgehead atoms. The van der Waals surface area contributed by atoms with Gasteiger partial charge in [0, 0.05) is 13.1 Å². The van der Waals surface area contributed by atoms with Crippen molar-refractivity contribution in [3.05, 3.63) is 59.7 Å². The van der Waals surface area contributed by atoms with Crippen LogP contribution in [0.2, 0.25) is 0 Å². The molecule has 3 heterocycles. The molecule has 3 saturated carbocycles. The molecule has 4 unspecified atom stereocenters. The van der Waals surface area contributed by atoms with Crippen LogP contribution in [0.1, 0.15) is 68.0 Å². The molecule has 3 aromatic rings. The van der Waals surface area contributed by atoms with Crippen LogP contribution in [0.5, 0.6) is 0 Å². The van der Waals surface area contributed by atoms with Crippen molar-refractivity contribution in [2.45, 2.75) is 52.0 Å². The van der Waals surface area contributed by atoms with Gasteiger partial charge >= 0.3 is 0 Å². The second kappa shape index (κ2) is 8.07. The monoisotopic (exact) mass is 461 g/mol. The van der Waals surface area contributed by atoms with Gasteiger partial charge in [-0.05, 0) is 85.1 Å². The van der Waals surface area contributed by atoms with E-state index in [9.17, 15) is 9.18 Å². The Labute approximate surface area is 199 Å². The first kappa shape index (κ1) is 21.6. The Balaban J connectivity index is 1.21. The minimum Gasteiger partial charge on any atom is -0.350 e. The van der Waals surface area contributed by atoms with E-state index >= 15 is 0 Å². The molecule has 4 fully saturated rings. The highest BCUT2D eigenvalue weighted by molar-refractivity contribution is 5.93. The normalized spacial score (nSPS) is 27.6. The minimum atomic E-state index is -0.222. The Bertz CT molecular complexity index is 1230. The van der Waals surface area contributed by atoms with E-state index in [-0.39, 0.29) is 17.8 Å². The summed E-state index contributed by atoms with van der Waals surface area (Å²) in [5.74, 6) is 2.53. The number of halogens is 1. The Morgan fingerprint density at radius 2 is 2.09 bits per heavy atom. The molecule has 3 aliphatic carbocycles. The smallest absolute Gasteiger partial charge is 0.271 e. The van der Waals surface area contributed by atoms with E-state index in [1.807, 2.05) is 18.2 Å². The average molecular weight is 462 g/mol. The Morgan fingerprint density at radius 1 is 1.21 bits per heavy atom. The maximum Gasteiger partial charge on any atom is 0.271 e. The number of anilines is 1. The molecule has 178 valence electrons. The summed E-state index contributed by atoms with van der Waals surface area (Å²) >= 11 is 0. The third kappa shape index (κ3) is 3.48. The lowest BCUT2D eigenvalue weighted by Crippen LogP contribution is -2.54. The van der Waals surface area contributed by atoms with Gasteiger partial charge in [-0.1, -0.05) is 26.0 Å². The Kier molecular flexibility index (Phi) is 5.12. The number of amides is 1. The molecule has 1 saturated heterocycles. The quantitative estimate of drug-likeness (QED) is 0.580. The Hall–Kier alpha value is -2.96. The SMILES string of the molecule is CC1(C)C2CCC(CNC(=O)c3cnc4ccc(N5CCCC5c5cccc(F)c5)nn34)C1C2. The molecule has 4 aliphatic rings. The van der Waals surface area contributed by atoms with Gasteiger partial charge in [0.1, 0.15) is 11.6 Å². The summed E-state index contributed by atoms with van der Waals surface area (Å²) in [7, 11) is 0. The summed E-state index contributed by atoms with van der Waals surface area (Å²) in [5, 5.41) is 7.98. The molecule has 4 atom stereocenters. The number of carbonyl (C=O) groups is 1. The number of nitrogens with one attached hydrogen (secondary N) is 1. The van der Waals surface area contributed by atoms with Crippen LogP contribution in [0.15, 0.2) is 42.6 Å². The van der Waals surface area contributed by atoms with Gasteiger partial charge in [-0.25, -0.2) is 13.9 Å². The van der Waals surface area contributed by atoms with Crippen LogP contribution in [0.25, 0.3) is 5.65 Å². The van der Waals surface area contributed by atoms with Crippen molar-refractivity contribution in [3.8, 4) is 0 Å². The molecule has 7 heteroatoms. The highest BCUT2D eigenvalue weighted by Gasteiger charge is 2.53. The summed E-state index contributed by atoms with van der Waals surface area (Å²) in [6.07, 6.45) is 7.34. The summed E-state index contributed by atoms with van der Waals surface area (Å²) in [5.41, 5.74) is 2.47. The highest BCUT2D eigenvalue weighted by Crippen LogP contribution is 2.61. The maximum atomic E-state index is 13.8. The van der Waals surface area contributed by atoms with Crippen molar-refractivity contribution in [1.82, 2.24) is 19.9 Å². The summed E-state index contributed by atoms with van der Waals surface area (Å²) in [6.45, 7) is 6.31. The van der Waals surface area contributed by atoms with Crippen molar-refractivity contribution in [2.75, 3.05) is 18.0 Å². The van der Waals surface area contributed by atoms with Gasteiger partial charge in [0.2, 0.25) is 0 Å². The predicted molar refractivity (Wildman–Crippen MR) is 129 cm³/mol. The fourth-order valence-corrected chi connectivity index (χ4v) is 6.79. The van der Waals surface area contributed by atoms with Crippen molar-refractivity contribution < 1.29 is 9.18 Å². The van der Waals surface area contributed by atoms with E-state index in [0.29, 0.717) is 35.1 Å². The number of rotatable bonds is 5. The first-order valence-electron chi connectivity index (χ1n) is 12.6. The van der Waals surface area contributed by atoms with E-state index in [4.69, 9.17) is 5.10 Å². The van der Waals surface area contributed by atoms with Gasteiger partial charge in [0.15, 0.2) is 11.3 Å². The van der Waals surface area contributed by atoms with Crippen LogP contribution in [-0.4, -0.2) is 33.6 Å². The van der Waals surface area contributed by atoms with Gasteiger partial charge in [0.05, 0.1) is 12.2 Å². The second-order valence-electron chi connectivity index (χ2n) is 10.9. The first-order valence-corrected chi connectivity index (χ1v) is 12.6. The van der Waals surface area contributed by atoms with Crippen LogP contribution in [-0.2, 0) is 0 Å². The summed E-state index contributed by atoms with van der Waals surface area (Å²) in [4.78, 5) is 19.7. The van der Waals surface area contributed by atoms with Crippen molar-refractivity contribution in [2.24, 2.45) is 23.2 Å². The van der Waals surface area contributed by atoms with Gasteiger partial charge in [-0.15, -0.1) is 5.10 Å². The average Bonchev–Trinajstić information content (AvgIpc) is 3.49. The van der Waals surface area contributed by atoms with Crippen LogP contribution in [0, 0.1) is 29.0 Å². The molecule has 6 nitrogen and oxygen atoms in total. The van der Waals surface area contributed by atoms with Crippen LogP contribution in [0.4, 0.5) is 10.2 Å². The third-order valence-electron chi connectivity index (χ3n) is 8.89. The largest absolute Gasteiger partial charge is 0.350 e. The van der Waals surface area contributed by atoms with Crippen LogP contribution < -0.4 is 10.2 Å². The zero-order valence-electron chi connectivity index (χ0n) is 19.9. The summed E-state index contributed by atoms with van der Waals surface area (Å²) in [6, 6.07) is 10.7. The fourth-order valence-electron chi connectivity index (χ4n) is 6.79. The topological polar surface area (TPSA) is 62.5 Å². The van der Waals surface area contributed by atoms with E-state index < -0.39 is 0 Å². The first-order chi connectivity index (χ1) is 16.4. The van der Waals surface area contributed by atoms with Crippen molar-refractivity contribution >= 4 is 17.4 Å². The molecular formula is C27H32FN5O.